The summed E-state index contributed by atoms with van der Waals surface area (Å²) in [7, 11) is 0. The number of pyridine rings is 1. The Balaban J connectivity index is 1.50. The molecule has 12 heteroatoms. The number of ether oxygens (including phenoxy) is 3. The number of fused-ring (bicyclic) bond motifs is 2. The van der Waals surface area contributed by atoms with Crippen molar-refractivity contribution >= 4 is 46.3 Å². The molecular formula is C35H37NO11. The fourth-order valence-electron chi connectivity index (χ4n) is 4.87. The van der Waals surface area contributed by atoms with Gasteiger partial charge in [-0.15, -0.1) is 0 Å². The Labute approximate surface area is 271 Å². The monoisotopic (exact) mass is 647 g/mol. The van der Waals surface area contributed by atoms with Crippen LogP contribution in [0.1, 0.15) is 108 Å². The second-order valence-corrected chi connectivity index (χ2v) is 12.4. The molecule has 1 aliphatic carbocycles. The molecule has 47 heavy (non-hydrogen) atoms. The second-order valence-electron chi connectivity index (χ2n) is 12.4. The van der Waals surface area contributed by atoms with Crippen LogP contribution in [0, 0.1) is 5.41 Å². The van der Waals surface area contributed by atoms with E-state index in [9.17, 15) is 33.9 Å². The number of carboxylic acid groups (broad SMARTS) is 1. The number of nitrogens with zero attached hydrogens (tertiary/aromatic N) is 1. The first kappa shape index (κ1) is 34.7. The van der Waals surface area contributed by atoms with Crippen molar-refractivity contribution in [2.24, 2.45) is 5.41 Å². The van der Waals surface area contributed by atoms with Crippen molar-refractivity contribution in [3.8, 4) is 5.75 Å². The van der Waals surface area contributed by atoms with Crippen LogP contribution in [-0.4, -0.2) is 70.0 Å². The highest BCUT2D eigenvalue weighted by atomic mass is 16.6. The molecule has 0 saturated carbocycles. The van der Waals surface area contributed by atoms with Gasteiger partial charge in [0, 0.05) is 16.5 Å². The van der Waals surface area contributed by atoms with E-state index in [-0.39, 0.29) is 34.1 Å². The third-order valence-corrected chi connectivity index (χ3v) is 8.18. The molecule has 0 bridgehead atoms. The number of hydrogen-bond donors (Lipinski definition) is 2. The number of aromatic nitrogens is 1. The molecule has 1 aromatic heterocycles. The zero-order chi connectivity index (χ0) is 34.6. The number of benzene rings is 2. The Kier molecular flexibility index (Phi) is 10.4. The number of esters is 3. The number of hydrogen-bond acceptors (Lipinski definition) is 11. The van der Waals surface area contributed by atoms with Gasteiger partial charge in [-0.2, -0.15) is 0 Å². The Morgan fingerprint density at radius 2 is 1.60 bits per heavy atom. The highest BCUT2D eigenvalue weighted by Crippen LogP contribution is 2.38. The van der Waals surface area contributed by atoms with E-state index in [1.807, 2.05) is 26.0 Å². The van der Waals surface area contributed by atoms with Crippen molar-refractivity contribution in [1.82, 2.24) is 4.98 Å². The fraction of sp³-hybridized carbons (Fsp3) is 0.400. The first-order valence-corrected chi connectivity index (χ1v) is 15.2. The number of Topliss-reactive ketones (excluding diaryl/α,β-unsaturated/α-hetero) is 2. The number of carbonyl (C=O) groups excluding carboxylic acids is 5. The maximum absolute atomic E-state index is 13.5. The van der Waals surface area contributed by atoms with E-state index in [0.717, 1.165) is 5.56 Å². The number of aromatic hydroxyl groups is 1. The summed E-state index contributed by atoms with van der Waals surface area (Å²) in [6.45, 7) is 8.22. The van der Waals surface area contributed by atoms with Crippen LogP contribution in [0.25, 0.3) is 10.9 Å². The Morgan fingerprint density at radius 3 is 2.26 bits per heavy atom. The maximum Gasteiger partial charge on any atom is 0.338 e. The molecule has 12 nitrogen and oxygen atoms in total. The average molecular weight is 648 g/mol. The zero-order valence-corrected chi connectivity index (χ0v) is 26.8. The first-order chi connectivity index (χ1) is 22.1. The molecule has 0 spiro atoms. The van der Waals surface area contributed by atoms with Gasteiger partial charge in [-0.05, 0) is 68.1 Å². The lowest BCUT2D eigenvalue weighted by molar-refractivity contribution is -0.167. The van der Waals surface area contributed by atoms with Gasteiger partial charge in [0.15, 0.2) is 17.7 Å². The molecule has 0 amide bonds. The van der Waals surface area contributed by atoms with Crippen LogP contribution in [0.4, 0.5) is 0 Å². The molecule has 1 heterocycles. The number of carbonyl (C=O) groups is 6. The van der Waals surface area contributed by atoms with E-state index in [2.05, 4.69) is 4.98 Å². The molecule has 2 atom stereocenters. The molecular weight excluding hydrogens is 610 g/mol. The summed E-state index contributed by atoms with van der Waals surface area (Å²) in [5.74, 6) is -6.26. The highest BCUT2D eigenvalue weighted by Gasteiger charge is 2.42. The lowest BCUT2D eigenvalue weighted by Crippen LogP contribution is -2.34. The van der Waals surface area contributed by atoms with Crippen LogP contribution >= 0.6 is 0 Å². The maximum atomic E-state index is 13.5. The molecule has 1 aliphatic rings. The molecule has 0 aliphatic heterocycles. The average Bonchev–Trinajstić information content (AvgIpc) is 3.28. The molecule has 2 unspecified atom stereocenters. The van der Waals surface area contributed by atoms with Crippen molar-refractivity contribution in [2.75, 3.05) is 13.2 Å². The van der Waals surface area contributed by atoms with Crippen molar-refractivity contribution < 1.29 is 53.2 Å². The van der Waals surface area contributed by atoms with Gasteiger partial charge < -0.3 is 24.4 Å². The van der Waals surface area contributed by atoms with Crippen LogP contribution in [0.3, 0.4) is 0 Å². The SMILES string of the molecule is CCC(C)(C)C(=O)OCC(COC(=O)c1ccc2c(c1)C(=O)C(c1nc3ccc(C(C)C)cc3cc1O)C2=O)OC(=O)CCC(=O)O. The predicted molar refractivity (Wildman–Crippen MR) is 167 cm³/mol. The minimum absolute atomic E-state index is 0.0433. The van der Waals surface area contributed by atoms with Crippen molar-refractivity contribution in [3.63, 3.8) is 0 Å². The summed E-state index contributed by atoms with van der Waals surface area (Å²) in [5.41, 5.74) is 0.570. The molecule has 3 aromatic rings. The van der Waals surface area contributed by atoms with E-state index < -0.39 is 78.9 Å². The highest BCUT2D eigenvalue weighted by molar-refractivity contribution is 6.30. The predicted octanol–water partition coefficient (Wildman–Crippen LogP) is 5.14. The quantitative estimate of drug-likeness (QED) is 0.142. The van der Waals surface area contributed by atoms with Crippen LogP contribution in [0.5, 0.6) is 5.75 Å². The molecule has 248 valence electrons. The lowest BCUT2D eigenvalue weighted by atomic mass is 9.91. The van der Waals surface area contributed by atoms with E-state index >= 15 is 0 Å². The molecule has 2 aromatic carbocycles. The van der Waals surface area contributed by atoms with E-state index in [1.54, 1.807) is 26.8 Å². The molecule has 0 radical (unpaired) electrons. The van der Waals surface area contributed by atoms with Crippen LogP contribution in [0.15, 0.2) is 42.5 Å². The number of aliphatic carboxylic acids is 1. The topological polar surface area (TPSA) is 183 Å². The normalized spacial score (nSPS) is 15.0. The van der Waals surface area contributed by atoms with Gasteiger partial charge in [-0.3, -0.25) is 24.0 Å². The van der Waals surface area contributed by atoms with Crippen molar-refractivity contribution in [1.29, 1.82) is 0 Å². The number of carboxylic acids is 1. The van der Waals surface area contributed by atoms with Gasteiger partial charge in [-0.25, -0.2) is 9.78 Å². The third kappa shape index (κ3) is 7.82. The van der Waals surface area contributed by atoms with Crippen LogP contribution in [0.2, 0.25) is 0 Å². The van der Waals surface area contributed by atoms with E-state index in [4.69, 9.17) is 19.3 Å². The molecule has 0 fully saturated rings. The van der Waals surface area contributed by atoms with Gasteiger partial charge in [0.25, 0.3) is 0 Å². The summed E-state index contributed by atoms with van der Waals surface area (Å²) in [4.78, 5) is 79.8. The first-order valence-electron chi connectivity index (χ1n) is 15.2. The fourth-order valence-corrected chi connectivity index (χ4v) is 4.87. The van der Waals surface area contributed by atoms with Gasteiger partial charge in [-0.1, -0.05) is 26.8 Å². The summed E-state index contributed by atoms with van der Waals surface area (Å²) in [6.07, 6.45) is -1.70. The number of rotatable bonds is 13. The van der Waals surface area contributed by atoms with Gasteiger partial charge in [0.1, 0.15) is 30.6 Å². The lowest BCUT2D eigenvalue weighted by Gasteiger charge is -2.23. The summed E-state index contributed by atoms with van der Waals surface area (Å²) >= 11 is 0. The molecule has 2 N–H and O–H groups in total. The Morgan fingerprint density at radius 1 is 0.915 bits per heavy atom. The van der Waals surface area contributed by atoms with Crippen LogP contribution < -0.4 is 0 Å². The summed E-state index contributed by atoms with van der Waals surface area (Å²) in [5, 5.41) is 20.3. The van der Waals surface area contributed by atoms with Crippen LogP contribution in [-0.2, 0) is 28.6 Å². The zero-order valence-electron chi connectivity index (χ0n) is 26.8. The standard InChI is InChI=1S/C35H37NO11/c1-6-35(4,5)34(44)46-17-22(47-28(40)12-11-27(38)39)16-45-33(43)20-7-9-23-24(14-20)32(42)29(31(23)41)30-26(37)15-21-13-19(18(2)3)8-10-25(21)36-30/h7-10,13-15,18,22,29,37H,6,11-12,16-17H2,1-5H3,(H,38,39). The van der Waals surface area contributed by atoms with Crippen molar-refractivity contribution in [2.45, 2.75) is 71.8 Å². The van der Waals surface area contributed by atoms with Gasteiger partial charge in [0.2, 0.25) is 0 Å². The minimum atomic E-state index is -1.40. The number of ketones is 2. The third-order valence-electron chi connectivity index (χ3n) is 8.18. The van der Waals surface area contributed by atoms with E-state index in [1.165, 1.54) is 24.3 Å². The largest absolute Gasteiger partial charge is 0.506 e. The summed E-state index contributed by atoms with van der Waals surface area (Å²) in [6, 6.07) is 10.8. The molecule has 4 rings (SSSR count). The van der Waals surface area contributed by atoms with Gasteiger partial charge in [0.05, 0.1) is 29.3 Å². The minimum Gasteiger partial charge on any atom is -0.506 e. The van der Waals surface area contributed by atoms with Crippen molar-refractivity contribution in [3.05, 3.63) is 70.4 Å². The second kappa shape index (κ2) is 14.1. The van der Waals surface area contributed by atoms with Gasteiger partial charge >= 0.3 is 23.9 Å². The Bertz CT molecular complexity index is 1760. The summed E-state index contributed by atoms with van der Waals surface area (Å²) < 4.78 is 15.8. The van der Waals surface area contributed by atoms with E-state index in [0.29, 0.717) is 17.3 Å². The molecule has 0 saturated heterocycles. The smallest absolute Gasteiger partial charge is 0.338 e. The Hall–Kier alpha value is -5.13.